The van der Waals surface area contributed by atoms with E-state index in [-0.39, 0.29) is 12.1 Å². The van der Waals surface area contributed by atoms with Gasteiger partial charge in [-0.2, -0.15) is 5.10 Å². The molecule has 0 bridgehead atoms. The first-order valence-corrected chi connectivity index (χ1v) is 9.69. The van der Waals surface area contributed by atoms with Crippen molar-refractivity contribution in [2.75, 3.05) is 27.2 Å². The van der Waals surface area contributed by atoms with Crippen molar-refractivity contribution < 1.29 is 4.79 Å². The number of aromatic nitrogens is 2. The molecule has 1 aliphatic carbocycles. The van der Waals surface area contributed by atoms with Crippen LogP contribution in [0.4, 0.5) is 4.79 Å². The topological polar surface area (TPSA) is 64.3 Å². The Morgan fingerprint density at radius 2 is 1.96 bits per heavy atom. The van der Waals surface area contributed by atoms with Crippen molar-refractivity contribution in [3.63, 3.8) is 0 Å². The van der Waals surface area contributed by atoms with Gasteiger partial charge in [-0.05, 0) is 72.4 Å². The number of amides is 2. The fourth-order valence-corrected chi connectivity index (χ4v) is 4.62. The molecule has 1 aromatic heterocycles. The molecule has 2 heterocycles. The summed E-state index contributed by atoms with van der Waals surface area (Å²) < 4.78 is 0. The summed E-state index contributed by atoms with van der Waals surface area (Å²) in [4.78, 5) is 17.2. The maximum atomic E-state index is 12.9. The Labute approximate surface area is 151 Å². The maximum Gasteiger partial charge on any atom is 0.318 e. The molecule has 1 saturated carbocycles. The molecule has 6 heteroatoms. The lowest BCUT2D eigenvalue weighted by molar-refractivity contribution is 0.178. The molecule has 140 valence electrons. The number of carbonyl (C=O) groups is 1. The van der Waals surface area contributed by atoms with E-state index in [1.807, 2.05) is 11.8 Å². The van der Waals surface area contributed by atoms with Gasteiger partial charge in [0.05, 0.1) is 11.7 Å². The Morgan fingerprint density at radius 3 is 2.56 bits per heavy atom. The largest absolute Gasteiger partial charge is 0.335 e. The lowest BCUT2D eigenvalue weighted by atomic mass is 9.86. The molecule has 3 rings (SSSR count). The predicted molar refractivity (Wildman–Crippen MR) is 99.6 cm³/mol. The normalized spacial score (nSPS) is 27.1. The number of rotatable bonds is 4. The third kappa shape index (κ3) is 4.17. The van der Waals surface area contributed by atoms with Crippen LogP contribution in [0.2, 0.25) is 0 Å². The van der Waals surface area contributed by atoms with Crippen LogP contribution in [-0.2, 0) is 0 Å². The zero-order chi connectivity index (χ0) is 18.0. The molecule has 1 aromatic rings. The Hall–Kier alpha value is -1.56. The molecule has 1 atom stereocenters. The van der Waals surface area contributed by atoms with Gasteiger partial charge in [-0.3, -0.25) is 5.10 Å². The van der Waals surface area contributed by atoms with Crippen molar-refractivity contribution in [1.82, 2.24) is 25.3 Å². The van der Waals surface area contributed by atoms with Gasteiger partial charge in [0, 0.05) is 30.4 Å². The van der Waals surface area contributed by atoms with Gasteiger partial charge in [0.2, 0.25) is 0 Å². The van der Waals surface area contributed by atoms with E-state index in [1.54, 1.807) is 0 Å². The molecule has 0 aromatic carbocycles. The van der Waals surface area contributed by atoms with Crippen LogP contribution in [0.3, 0.4) is 0 Å². The summed E-state index contributed by atoms with van der Waals surface area (Å²) in [6.07, 6.45) is 6.74. The second-order valence-electron chi connectivity index (χ2n) is 8.13. The number of carbonyl (C=O) groups excluding carboxylic acids is 1. The summed E-state index contributed by atoms with van der Waals surface area (Å²) in [7, 11) is 4.28. The Balaban J connectivity index is 1.56. The number of aromatic amines is 1. The van der Waals surface area contributed by atoms with E-state index in [4.69, 9.17) is 0 Å². The number of nitrogens with one attached hydrogen (secondary N) is 2. The minimum Gasteiger partial charge on any atom is -0.335 e. The molecular weight excluding hydrogens is 314 g/mol. The number of aryl methyl sites for hydroxylation is 2. The number of nitrogens with zero attached hydrogens (tertiary/aromatic N) is 3. The monoisotopic (exact) mass is 347 g/mol. The predicted octanol–water partition coefficient (Wildman–Crippen LogP) is 2.99. The molecule has 1 saturated heterocycles. The van der Waals surface area contributed by atoms with Gasteiger partial charge in [0.1, 0.15) is 0 Å². The molecular formula is C19H33N5O. The van der Waals surface area contributed by atoms with Crippen molar-refractivity contribution >= 4 is 6.03 Å². The third-order valence-electron chi connectivity index (χ3n) is 5.83. The summed E-state index contributed by atoms with van der Waals surface area (Å²) in [6, 6.07) is 0.612. The minimum atomic E-state index is 0.110. The van der Waals surface area contributed by atoms with Gasteiger partial charge < -0.3 is 15.1 Å². The highest BCUT2D eigenvalue weighted by atomic mass is 16.2. The first-order chi connectivity index (χ1) is 12.0. The van der Waals surface area contributed by atoms with Crippen LogP contribution in [-0.4, -0.2) is 59.3 Å². The van der Waals surface area contributed by atoms with Crippen molar-refractivity contribution in [2.24, 2.45) is 5.92 Å². The fourth-order valence-electron chi connectivity index (χ4n) is 4.62. The Bertz CT molecular complexity index is 569. The SMILES string of the molecule is Cc1n[nH]c(C)c1C1CCCN1C(=O)NC1CCC(CN(C)C)CC1. The lowest BCUT2D eigenvalue weighted by Crippen LogP contribution is -2.46. The van der Waals surface area contributed by atoms with E-state index in [0.717, 1.165) is 56.1 Å². The summed E-state index contributed by atoms with van der Waals surface area (Å²) in [6.45, 7) is 6.08. The third-order valence-corrected chi connectivity index (χ3v) is 5.83. The van der Waals surface area contributed by atoms with Gasteiger partial charge in [-0.1, -0.05) is 0 Å². The molecule has 1 aliphatic heterocycles. The molecule has 2 N–H and O–H groups in total. The second-order valence-corrected chi connectivity index (χ2v) is 8.13. The van der Waals surface area contributed by atoms with Crippen molar-refractivity contribution in [1.29, 1.82) is 0 Å². The lowest BCUT2D eigenvalue weighted by Gasteiger charge is -2.33. The van der Waals surface area contributed by atoms with E-state index < -0.39 is 0 Å². The van der Waals surface area contributed by atoms with Gasteiger partial charge in [-0.15, -0.1) is 0 Å². The Morgan fingerprint density at radius 1 is 1.24 bits per heavy atom. The van der Waals surface area contributed by atoms with Crippen LogP contribution < -0.4 is 5.32 Å². The summed E-state index contributed by atoms with van der Waals surface area (Å²) >= 11 is 0. The average Bonchev–Trinajstić information content (AvgIpc) is 3.15. The molecule has 2 aliphatic rings. The first-order valence-electron chi connectivity index (χ1n) is 9.69. The van der Waals surface area contributed by atoms with Crippen LogP contribution in [0.1, 0.15) is 61.5 Å². The average molecular weight is 348 g/mol. The van der Waals surface area contributed by atoms with Crippen molar-refractivity contribution in [3.8, 4) is 0 Å². The van der Waals surface area contributed by atoms with Crippen LogP contribution in [0.25, 0.3) is 0 Å². The molecule has 2 fully saturated rings. The Kier molecular flexibility index (Phi) is 5.67. The van der Waals surface area contributed by atoms with Gasteiger partial charge >= 0.3 is 6.03 Å². The highest BCUT2D eigenvalue weighted by Crippen LogP contribution is 2.35. The maximum absolute atomic E-state index is 12.9. The summed E-state index contributed by atoms with van der Waals surface area (Å²) in [5, 5.41) is 10.7. The molecule has 0 spiro atoms. The van der Waals surface area contributed by atoms with E-state index in [9.17, 15) is 4.79 Å². The quantitative estimate of drug-likeness (QED) is 0.880. The first kappa shape index (κ1) is 18.2. The van der Waals surface area contributed by atoms with Crippen LogP contribution in [0, 0.1) is 19.8 Å². The minimum absolute atomic E-state index is 0.110. The van der Waals surface area contributed by atoms with Crippen LogP contribution >= 0.6 is 0 Å². The van der Waals surface area contributed by atoms with Gasteiger partial charge in [-0.25, -0.2) is 4.79 Å². The summed E-state index contributed by atoms with van der Waals surface area (Å²) in [5.41, 5.74) is 3.32. The van der Waals surface area contributed by atoms with E-state index in [0.29, 0.717) is 6.04 Å². The van der Waals surface area contributed by atoms with Crippen molar-refractivity contribution in [2.45, 2.75) is 64.5 Å². The molecule has 2 amide bonds. The second kappa shape index (κ2) is 7.77. The highest BCUT2D eigenvalue weighted by molar-refractivity contribution is 5.75. The smallest absolute Gasteiger partial charge is 0.318 e. The number of likely N-dealkylation sites (tertiary alicyclic amines) is 1. The van der Waals surface area contributed by atoms with Gasteiger partial charge in [0.25, 0.3) is 0 Å². The molecule has 25 heavy (non-hydrogen) atoms. The van der Waals surface area contributed by atoms with Crippen LogP contribution in [0.5, 0.6) is 0 Å². The highest BCUT2D eigenvalue weighted by Gasteiger charge is 2.34. The number of hydrogen-bond acceptors (Lipinski definition) is 3. The standard InChI is InChI=1S/C19H33N5O/c1-13-18(14(2)22-21-13)17-6-5-11-24(17)19(25)20-16-9-7-15(8-10-16)12-23(3)4/h15-17H,5-12H2,1-4H3,(H,20,25)(H,21,22). The van der Waals surface area contributed by atoms with E-state index in [2.05, 4.69) is 41.4 Å². The van der Waals surface area contributed by atoms with Crippen LogP contribution in [0.15, 0.2) is 0 Å². The van der Waals surface area contributed by atoms with E-state index in [1.165, 1.54) is 18.4 Å². The van der Waals surface area contributed by atoms with E-state index >= 15 is 0 Å². The molecule has 0 radical (unpaired) electrons. The van der Waals surface area contributed by atoms with Crippen molar-refractivity contribution in [3.05, 3.63) is 17.0 Å². The zero-order valence-corrected chi connectivity index (χ0v) is 16.1. The molecule has 6 nitrogen and oxygen atoms in total. The number of hydrogen-bond donors (Lipinski definition) is 2. The van der Waals surface area contributed by atoms with Gasteiger partial charge in [0.15, 0.2) is 0 Å². The fraction of sp³-hybridized carbons (Fsp3) is 0.789. The number of H-pyrrole nitrogens is 1. The summed E-state index contributed by atoms with van der Waals surface area (Å²) in [5.74, 6) is 0.777. The zero-order valence-electron chi connectivity index (χ0n) is 16.1. The molecule has 1 unspecified atom stereocenters. The number of urea groups is 1.